The summed E-state index contributed by atoms with van der Waals surface area (Å²) in [5.41, 5.74) is 3.02. The fourth-order valence-electron chi connectivity index (χ4n) is 4.36. The number of hydrogen-bond acceptors (Lipinski definition) is 5. The second kappa shape index (κ2) is 9.42. The Kier molecular flexibility index (Phi) is 6.23. The molecule has 0 N–H and O–H groups in total. The third-order valence-corrected chi connectivity index (χ3v) is 6.92. The van der Waals surface area contributed by atoms with Gasteiger partial charge in [-0.25, -0.2) is 4.39 Å². The quantitative estimate of drug-likeness (QED) is 0.521. The summed E-state index contributed by atoms with van der Waals surface area (Å²) in [5, 5.41) is 9.43. The molecule has 32 heavy (non-hydrogen) atoms. The number of aromatic nitrogens is 3. The maximum Gasteiger partial charge on any atom is 0.237 e. The number of anilines is 1. The van der Waals surface area contributed by atoms with Gasteiger partial charge in [-0.15, -0.1) is 10.2 Å². The van der Waals surface area contributed by atoms with Crippen LogP contribution in [-0.4, -0.2) is 45.7 Å². The van der Waals surface area contributed by atoms with Crippen LogP contribution in [0.1, 0.15) is 24.8 Å². The Bertz CT molecular complexity index is 1100. The third kappa shape index (κ3) is 4.42. The van der Waals surface area contributed by atoms with Gasteiger partial charge < -0.3 is 9.64 Å². The molecule has 3 heterocycles. The normalized spacial score (nSPS) is 18.0. The van der Waals surface area contributed by atoms with Gasteiger partial charge in [0, 0.05) is 24.4 Å². The van der Waals surface area contributed by atoms with Crippen molar-refractivity contribution >= 4 is 23.4 Å². The van der Waals surface area contributed by atoms with Gasteiger partial charge in [0.1, 0.15) is 5.82 Å². The lowest BCUT2D eigenvalue weighted by Gasteiger charge is -2.29. The van der Waals surface area contributed by atoms with Crippen LogP contribution in [0.2, 0.25) is 0 Å². The maximum atomic E-state index is 13.4. The molecular formula is C24H25FN4O2S. The summed E-state index contributed by atoms with van der Waals surface area (Å²) in [6, 6.07) is 14.4. The highest BCUT2D eigenvalue weighted by molar-refractivity contribution is 7.99. The fraction of sp³-hybridized carbons (Fsp3) is 0.375. The lowest BCUT2D eigenvalue weighted by molar-refractivity contribution is -0.116. The molecule has 5 rings (SSSR count). The van der Waals surface area contributed by atoms with Crippen LogP contribution >= 0.6 is 11.8 Å². The minimum atomic E-state index is -0.291. The standard InChI is InChI=1S/C24H25FN4O2S/c25-19-11-9-18(10-12-19)23-26-27-24(29(23)15-20-7-4-14-31-20)32-16-22(30)28-13-3-6-17-5-1-2-8-21(17)28/h1-2,5,8-12,20H,3-4,6-7,13-16H2/t20-/m1/s1. The number of carbonyl (C=O) groups excluding carboxylic acids is 1. The molecule has 0 spiro atoms. The molecule has 0 unspecified atom stereocenters. The van der Waals surface area contributed by atoms with E-state index in [-0.39, 0.29) is 23.6 Å². The van der Waals surface area contributed by atoms with Crippen molar-refractivity contribution < 1.29 is 13.9 Å². The zero-order chi connectivity index (χ0) is 21.9. The number of carbonyl (C=O) groups is 1. The summed E-state index contributed by atoms with van der Waals surface area (Å²) in [4.78, 5) is 15.0. The van der Waals surface area contributed by atoms with E-state index in [1.165, 1.54) is 29.5 Å². The predicted octanol–water partition coefficient (Wildman–Crippen LogP) is 4.33. The van der Waals surface area contributed by atoms with Crippen molar-refractivity contribution in [2.45, 2.75) is 43.5 Å². The largest absolute Gasteiger partial charge is 0.376 e. The molecular weight excluding hydrogens is 427 g/mol. The van der Waals surface area contributed by atoms with Crippen molar-refractivity contribution in [1.29, 1.82) is 0 Å². The molecule has 3 aromatic rings. The summed E-state index contributed by atoms with van der Waals surface area (Å²) in [7, 11) is 0. The molecule has 1 atom stereocenters. The minimum Gasteiger partial charge on any atom is -0.376 e. The Morgan fingerprint density at radius 2 is 1.97 bits per heavy atom. The summed E-state index contributed by atoms with van der Waals surface area (Å²) < 4.78 is 21.3. The number of benzene rings is 2. The van der Waals surface area contributed by atoms with E-state index in [0.717, 1.165) is 50.1 Å². The van der Waals surface area contributed by atoms with Crippen LogP contribution in [0.25, 0.3) is 11.4 Å². The summed E-state index contributed by atoms with van der Waals surface area (Å²) in [5.74, 6) is 0.721. The van der Waals surface area contributed by atoms with E-state index in [4.69, 9.17) is 4.74 Å². The number of thioether (sulfide) groups is 1. The van der Waals surface area contributed by atoms with Crippen molar-refractivity contribution in [3.8, 4) is 11.4 Å². The number of hydrogen-bond donors (Lipinski definition) is 0. The van der Waals surface area contributed by atoms with Gasteiger partial charge in [0.15, 0.2) is 11.0 Å². The molecule has 166 valence electrons. The smallest absolute Gasteiger partial charge is 0.237 e. The van der Waals surface area contributed by atoms with Gasteiger partial charge in [0.2, 0.25) is 5.91 Å². The molecule has 6 nitrogen and oxygen atoms in total. The summed E-state index contributed by atoms with van der Waals surface area (Å²) in [6.45, 7) is 2.11. The molecule has 0 saturated carbocycles. The highest BCUT2D eigenvalue weighted by Gasteiger charge is 2.25. The summed E-state index contributed by atoms with van der Waals surface area (Å²) in [6.07, 6.45) is 4.08. The molecule has 1 amide bonds. The monoisotopic (exact) mass is 452 g/mol. The second-order valence-electron chi connectivity index (χ2n) is 8.13. The van der Waals surface area contributed by atoms with E-state index in [2.05, 4.69) is 16.3 Å². The van der Waals surface area contributed by atoms with Gasteiger partial charge in [-0.1, -0.05) is 30.0 Å². The zero-order valence-electron chi connectivity index (χ0n) is 17.7. The van der Waals surface area contributed by atoms with Crippen LogP contribution in [0, 0.1) is 5.82 Å². The van der Waals surface area contributed by atoms with Crippen LogP contribution in [0.15, 0.2) is 53.7 Å². The number of para-hydroxylation sites is 1. The first-order valence-corrected chi connectivity index (χ1v) is 12.0. The minimum absolute atomic E-state index is 0.0668. The first-order chi connectivity index (χ1) is 15.7. The molecule has 2 aliphatic heterocycles. The van der Waals surface area contributed by atoms with Crippen LogP contribution < -0.4 is 4.90 Å². The highest BCUT2D eigenvalue weighted by atomic mass is 32.2. The van der Waals surface area contributed by atoms with E-state index in [0.29, 0.717) is 17.5 Å². The maximum absolute atomic E-state index is 13.4. The number of ether oxygens (including phenoxy) is 1. The molecule has 2 aromatic carbocycles. The van der Waals surface area contributed by atoms with Crippen molar-refractivity contribution in [3.05, 3.63) is 59.9 Å². The third-order valence-electron chi connectivity index (χ3n) is 5.97. The zero-order valence-corrected chi connectivity index (χ0v) is 18.6. The molecule has 1 fully saturated rings. The number of halogens is 1. The molecule has 2 aliphatic rings. The van der Waals surface area contributed by atoms with Gasteiger partial charge in [-0.2, -0.15) is 0 Å². The van der Waals surface area contributed by atoms with Gasteiger partial charge in [-0.3, -0.25) is 9.36 Å². The van der Waals surface area contributed by atoms with E-state index in [1.807, 2.05) is 27.7 Å². The van der Waals surface area contributed by atoms with Crippen LogP contribution in [0.3, 0.4) is 0 Å². The molecule has 1 saturated heterocycles. The SMILES string of the molecule is O=C(CSc1nnc(-c2ccc(F)cc2)n1C[C@H]1CCCO1)N1CCCc2ccccc21. The first kappa shape index (κ1) is 21.2. The van der Waals surface area contributed by atoms with Crippen LogP contribution in [0.4, 0.5) is 10.1 Å². The van der Waals surface area contributed by atoms with Crippen molar-refractivity contribution in [2.24, 2.45) is 0 Å². The topological polar surface area (TPSA) is 60.3 Å². The lowest BCUT2D eigenvalue weighted by Crippen LogP contribution is -2.36. The Balaban J connectivity index is 1.36. The first-order valence-electron chi connectivity index (χ1n) is 11.0. The predicted molar refractivity (Wildman–Crippen MR) is 122 cm³/mol. The Morgan fingerprint density at radius 1 is 1.12 bits per heavy atom. The average Bonchev–Trinajstić information content (AvgIpc) is 3.48. The van der Waals surface area contributed by atoms with Gasteiger partial charge >= 0.3 is 0 Å². The number of aryl methyl sites for hydroxylation is 1. The molecule has 0 radical (unpaired) electrons. The lowest BCUT2D eigenvalue weighted by atomic mass is 10.0. The van der Waals surface area contributed by atoms with Crippen LogP contribution in [0.5, 0.6) is 0 Å². The Hall–Kier alpha value is -2.71. The fourth-order valence-corrected chi connectivity index (χ4v) is 5.19. The van der Waals surface area contributed by atoms with E-state index in [9.17, 15) is 9.18 Å². The van der Waals surface area contributed by atoms with Crippen molar-refractivity contribution in [2.75, 3.05) is 23.8 Å². The van der Waals surface area contributed by atoms with Gasteiger partial charge in [-0.05, 0) is 61.6 Å². The van der Waals surface area contributed by atoms with Crippen molar-refractivity contribution in [1.82, 2.24) is 14.8 Å². The molecule has 0 bridgehead atoms. The molecule has 0 aliphatic carbocycles. The number of rotatable bonds is 6. The Morgan fingerprint density at radius 3 is 2.78 bits per heavy atom. The van der Waals surface area contributed by atoms with E-state index >= 15 is 0 Å². The molecule has 1 aromatic heterocycles. The summed E-state index contributed by atoms with van der Waals surface area (Å²) >= 11 is 1.39. The van der Waals surface area contributed by atoms with E-state index < -0.39 is 0 Å². The number of amides is 1. The second-order valence-corrected chi connectivity index (χ2v) is 9.07. The number of fused-ring (bicyclic) bond motifs is 1. The van der Waals surface area contributed by atoms with Crippen LogP contribution in [-0.2, 0) is 22.5 Å². The molecule has 8 heteroatoms. The average molecular weight is 453 g/mol. The van der Waals surface area contributed by atoms with Crippen molar-refractivity contribution in [3.63, 3.8) is 0 Å². The van der Waals surface area contributed by atoms with E-state index in [1.54, 1.807) is 12.1 Å². The Labute approximate surface area is 190 Å². The number of nitrogens with zero attached hydrogens (tertiary/aromatic N) is 4. The highest BCUT2D eigenvalue weighted by Crippen LogP contribution is 2.30. The van der Waals surface area contributed by atoms with Gasteiger partial charge in [0.05, 0.1) is 18.4 Å². The van der Waals surface area contributed by atoms with Gasteiger partial charge in [0.25, 0.3) is 0 Å².